The Morgan fingerprint density at radius 2 is 1.79 bits per heavy atom. The lowest BCUT2D eigenvalue weighted by atomic mass is 10.1. The lowest BCUT2D eigenvalue weighted by Gasteiger charge is -2.13. The summed E-state index contributed by atoms with van der Waals surface area (Å²) >= 11 is 0. The van der Waals surface area contributed by atoms with Gasteiger partial charge in [0.1, 0.15) is 0 Å². The van der Waals surface area contributed by atoms with Crippen LogP contribution in [0.3, 0.4) is 0 Å². The third kappa shape index (κ3) is 4.22. The second-order valence-electron chi connectivity index (χ2n) is 6.36. The van der Waals surface area contributed by atoms with E-state index in [2.05, 4.69) is 10.3 Å². The van der Waals surface area contributed by atoms with E-state index in [1.807, 2.05) is 0 Å². The molecule has 0 spiro atoms. The zero-order valence-corrected chi connectivity index (χ0v) is 16.2. The summed E-state index contributed by atoms with van der Waals surface area (Å²) in [7, 11) is -0.972. The topological polar surface area (TPSA) is 79.4 Å². The first-order valence-corrected chi connectivity index (χ1v) is 9.74. The molecule has 0 saturated heterocycles. The SMILES string of the molecule is CN(C)S(=O)(=O)c1cccc(C(=O)Nc2ccnc3cc(C(F)(F)F)ccc23)c1. The lowest BCUT2D eigenvalue weighted by Crippen LogP contribution is -2.22. The Balaban J connectivity index is 1.95. The summed E-state index contributed by atoms with van der Waals surface area (Å²) < 4.78 is 64.2. The molecule has 0 bridgehead atoms. The summed E-state index contributed by atoms with van der Waals surface area (Å²) in [6.45, 7) is 0. The number of carbonyl (C=O) groups excluding carboxylic acids is 1. The average molecular weight is 423 g/mol. The molecule has 2 aromatic carbocycles. The fourth-order valence-electron chi connectivity index (χ4n) is 2.64. The first kappa shape index (κ1) is 20.7. The summed E-state index contributed by atoms with van der Waals surface area (Å²) in [6, 6.07) is 9.96. The van der Waals surface area contributed by atoms with Crippen LogP contribution in [-0.2, 0) is 16.2 Å². The summed E-state index contributed by atoms with van der Waals surface area (Å²) in [4.78, 5) is 16.5. The maximum Gasteiger partial charge on any atom is 0.416 e. The molecule has 0 unspecified atom stereocenters. The van der Waals surface area contributed by atoms with Gasteiger partial charge in [-0.1, -0.05) is 12.1 Å². The zero-order valence-electron chi connectivity index (χ0n) is 15.4. The van der Waals surface area contributed by atoms with E-state index in [1.165, 1.54) is 56.7 Å². The van der Waals surface area contributed by atoms with Gasteiger partial charge in [-0.25, -0.2) is 12.7 Å². The van der Waals surface area contributed by atoms with E-state index >= 15 is 0 Å². The lowest BCUT2D eigenvalue weighted by molar-refractivity contribution is -0.137. The molecule has 0 fully saturated rings. The highest BCUT2D eigenvalue weighted by atomic mass is 32.2. The monoisotopic (exact) mass is 423 g/mol. The summed E-state index contributed by atoms with van der Waals surface area (Å²) in [5.74, 6) is -0.604. The van der Waals surface area contributed by atoms with Gasteiger partial charge in [-0.15, -0.1) is 0 Å². The van der Waals surface area contributed by atoms with Crippen molar-refractivity contribution in [3.8, 4) is 0 Å². The number of halogens is 3. The number of sulfonamides is 1. The standard InChI is InChI=1S/C19H16F3N3O3S/c1-25(2)29(27,28)14-5-3-4-12(10-14)18(26)24-16-8-9-23-17-11-13(19(20,21)22)6-7-15(16)17/h3-11H,1-2H3,(H,23,24,26). The second kappa shape index (κ2) is 7.45. The van der Waals surface area contributed by atoms with Crippen molar-refractivity contribution in [3.63, 3.8) is 0 Å². The molecule has 152 valence electrons. The minimum absolute atomic E-state index is 0.0513. The van der Waals surface area contributed by atoms with Gasteiger partial charge in [0.05, 0.1) is 21.7 Å². The largest absolute Gasteiger partial charge is 0.416 e. The Morgan fingerprint density at radius 1 is 1.07 bits per heavy atom. The number of benzene rings is 2. The van der Waals surface area contributed by atoms with E-state index in [4.69, 9.17) is 0 Å². The summed E-state index contributed by atoms with van der Waals surface area (Å²) in [5, 5.41) is 2.92. The molecule has 0 aliphatic carbocycles. The van der Waals surface area contributed by atoms with Crippen LogP contribution in [0.1, 0.15) is 15.9 Å². The molecule has 1 N–H and O–H groups in total. The van der Waals surface area contributed by atoms with Crippen molar-refractivity contribution >= 4 is 32.5 Å². The fourth-order valence-corrected chi connectivity index (χ4v) is 3.58. The van der Waals surface area contributed by atoms with E-state index in [1.54, 1.807) is 0 Å². The van der Waals surface area contributed by atoms with Crippen LogP contribution >= 0.6 is 0 Å². The number of rotatable bonds is 4. The number of alkyl halides is 3. The van der Waals surface area contributed by atoms with E-state index < -0.39 is 27.7 Å². The van der Waals surface area contributed by atoms with E-state index in [0.717, 1.165) is 16.4 Å². The normalized spacial score (nSPS) is 12.3. The Bertz CT molecular complexity index is 1190. The van der Waals surface area contributed by atoms with Gasteiger partial charge in [0.2, 0.25) is 10.0 Å². The number of hydrogen-bond donors (Lipinski definition) is 1. The highest BCUT2D eigenvalue weighted by Gasteiger charge is 2.30. The number of hydrogen-bond acceptors (Lipinski definition) is 4. The molecule has 0 aliphatic rings. The van der Waals surface area contributed by atoms with E-state index in [0.29, 0.717) is 5.39 Å². The van der Waals surface area contributed by atoms with Crippen LogP contribution in [0.15, 0.2) is 59.6 Å². The molecule has 1 amide bonds. The zero-order chi connectivity index (χ0) is 21.4. The summed E-state index contributed by atoms with van der Waals surface area (Å²) in [6.07, 6.45) is -3.22. The Hall–Kier alpha value is -2.98. The fraction of sp³-hybridized carbons (Fsp3) is 0.158. The average Bonchev–Trinajstić information content (AvgIpc) is 2.67. The van der Waals surface area contributed by atoms with Gasteiger partial charge in [-0.2, -0.15) is 13.2 Å². The minimum atomic E-state index is -4.51. The number of anilines is 1. The summed E-state index contributed by atoms with van der Waals surface area (Å²) in [5.41, 5.74) is -0.427. The quantitative estimate of drug-likeness (QED) is 0.693. The number of aromatic nitrogens is 1. The molecule has 0 atom stereocenters. The molecule has 10 heteroatoms. The highest BCUT2D eigenvalue weighted by Crippen LogP contribution is 2.32. The molecule has 1 heterocycles. The van der Waals surface area contributed by atoms with Crippen LogP contribution in [-0.4, -0.2) is 37.7 Å². The third-order valence-corrected chi connectivity index (χ3v) is 6.00. The molecule has 29 heavy (non-hydrogen) atoms. The van der Waals surface area contributed by atoms with E-state index in [-0.39, 0.29) is 21.7 Å². The first-order valence-electron chi connectivity index (χ1n) is 8.30. The van der Waals surface area contributed by atoms with Gasteiger partial charge in [0.15, 0.2) is 0 Å². The molecular weight excluding hydrogens is 407 g/mol. The van der Waals surface area contributed by atoms with Gasteiger partial charge in [0, 0.05) is 31.2 Å². The molecule has 0 saturated carbocycles. The maximum absolute atomic E-state index is 12.9. The van der Waals surface area contributed by atoms with Gasteiger partial charge in [-0.05, 0) is 36.4 Å². The van der Waals surface area contributed by atoms with Crippen LogP contribution in [0.25, 0.3) is 10.9 Å². The van der Waals surface area contributed by atoms with Crippen molar-refractivity contribution < 1.29 is 26.4 Å². The first-order chi connectivity index (χ1) is 13.5. The van der Waals surface area contributed by atoms with Crippen LogP contribution in [0.5, 0.6) is 0 Å². The van der Waals surface area contributed by atoms with Gasteiger partial charge >= 0.3 is 6.18 Å². The highest BCUT2D eigenvalue weighted by molar-refractivity contribution is 7.89. The minimum Gasteiger partial charge on any atom is -0.321 e. The van der Waals surface area contributed by atoms with Crippen LogP contribution in [0.4, 0.5) is 18.9 Å². The van der Waals surface area contributed by atoms with Crippen molar-refractivity contribution in [3.05, 3.63) is 65.9 Å². The number of nitrogens with zero attached hydrogens (tertiary/aromatic N) is 2. The smallest absolute Gasteiger partial charge is 0.321 e. The Labute approximate surface area is 165 Å². The maximum atomic E-state index is 12.9. The Morgan fingerprint density at radius 3 is 2.45 bits per heavy atom. The van der Waals surface area contributed by atoms with Gasteiger partial charge in [0.25, 0.3) is 5.91 Å². The molecule has 0 radical (unpaired) electrons. The molecular formula is C19H16F3N3O3S. The molecule has 3 rings (SSSR count). The predicted octanol–water partition coefficient (Wildman–Crippen LogP) is 3.76. The van der Waals surface area contributed by atoms with Gasteiger partial charge in [-0.3, -0.25) is 9.78 Å². The Kier molecular flexibility index (Phi) is 5.33. The van der Waals surface area contributed by atoms with Crippen molar-refractivity contribution in [1.82, 2.24) is 9.29 Å². The second-order valence-corrected chi connectivity index (χ2v) is 8.51. The van der Waals surface area contributed by atoms with Crippen LogP contribution in [0.2, 0.25) is 0 Å². The van der Waals surface area contributed by atoms with Crippen LogP contribution in [0, 0.1) is 0 Å². The van der Waals surface area contributed by atoms with E-state index in [9.17, 15) is 26.4 Å². The molecule has 6 nitrogen and oxygen atoms in total. The number of fused-ring (bicyclic) bond motifs is 1. The number of pyridine rings is 1. The number of amides is 1. The van der Waals surface area contributed by atoms with Crippen molar-refractivity contribution in [2.45, 2.75) is 11.1 Å². The van der Waals surface area contributed by atoms with Crippen molar-refractivity contribution in [2.75, 3.05) is 19.4 Å². The molecule has 1 aromatic heterocycles. The predicted molar refractivity (Wildman–Crippen MR) is 102 cm³/mol. The van der Waals surface area contributed by atoms with Crippen molar-refractivity contribution in [1.29, 1.82) is 0 Å². The van der Waals surface area contributed by atoms with Gasteiger partial charge < -0.3 is 5.32 Å². The molecule has 3 aromatic rings. The third-order valence-electron chi connectivity index (χ3n) is 4.19. The molecule has 0 aliphatic heterocycles. The number of carbonyl (C=O) groups is 1. The van der Waals surface area contributed by atoms with Crippen LogP contribution < -0.4 is 5.32 Å². The van der Waals surface area contributed by atoms with Crippen molar-refractivity contribution in [2.24, 2.45) is 0 Å². The number of nitrogens with one attached hydrogen (secondary N) is 1.